The number of rotatable bonds is 6. The maximum atomic E-state index is 11.9. The van der Waals surface area contributed by atoms with Crippen LogP contribution in [0.25, 0.3) is 0 Å². The van der Waals surface area contributed by atoms with Gasteiger partial charge >= 0.3 is 0 Å². The molecule has 2 aromatic carbocycles. The zero-order valence-electron chi connectivity index (χ0n) is 12.0. The normalized spacial score (nSPS) is 10.2. The van der Waals surface area contributed by atoms with Gasteiger partial charge in [0.05, 0.1) is 5.69 Å². The van der Waals surface area contributed by atoms with Crippen LogP contribution in [-0.2, 0) is 4.79 Å². The molecule has 0 fully saturated rings. The molecule has 0 aromatic heterocycles. The van der Waals surface area contributed by atoms with Crippen molar-refractivity contribution in [2.75, 3.05) is 17.2 Å². The second kappa shape index (κ2) is 7.84. The molecule has 0 spiro atoms. The lowest BCUT2D eigenvalue weighted by molar-refractivity contribution is -0.116. The van der Waals surface area contributed by atoms with Gasteiger partial charge in [-0.2, -0.15) is 0 Å². The van der Waals surface area contributed by atoms with Gasteiger partial charge < -0.3 is 10.6 Å². The molecule has 0 aliphatic heterocycles. The number of amides is 1. The van der Waals surface area contributed by atoms with Crippen LogP contribution in [0.4, 0.5) is 11.4 Å². The first-order valence-electron chi connectivity index (χ1n) is 7.00. The van der Waals surface area contributed by atoms with Crippen molar-refractivity contribution < 1.29 is 4.79 Å². The zero-order chi connectivity index (χ0) is 15.1. The highest BCUT2D eigenvalue weighted by atomic mass is 79.9. The van der Waals surface area contributed by atoms with Gasteiger partial charge in [-0.3, -0.25) is 4.79 Å². The first-order chi connectivity index (χ1) is 10.1. The fourth-order valence-corrected chi connectivity index (χ4v) is 2.40. The summed E-state index contributed by atoms with van der Waals surface area (Å²) in [6.07, 6.45) is 1.30. The SMILES string of the molecule is Cc1cccc(NCCCC(=O)Nc2ccccc2Br)c1. The molecule has 4 heteroatoms. The Balaban J connectivity index is 1.71. The van der Waals surface area contributed by atoms with Gasteiger partial charge in [-0.15, -0.1) is 0 Å². The lowest BCUT2D eigenvalue weighted by Gasteiger charge is -2.08. The minimum absolute atomic E-state index is 0.0351. The number of para-hydroxylation sites is 1. The molecular formula is C17H19BrN2O. The molecule has 1 amide bonds. The van der Waals surface area contributed by atoms with Crippen molar-refractivity contribution in [3.8, 4) is 0 Å². The third kappa shape index (κ3) is 5.23. The van der Waals surface area contributed by atoms with Gasteiger partial charge in [-0.1, -0.05) is 24.3 Å². The predicted octanol–water partition coefficient (Wildman–Crippen LogP) is 4.59. The average Bonchev–Trinajstić information content (AvgIpc) is 2.46. The van der Waals surface area contributed by atoms with Crippen LogP contribution in [0.5, 0.6) is 0 Å². The minimum atomic E-state index is 0.0351. The Morgan fingerprint density at radius 2 is 1.95 bits per heavy atom. The highest BCUT2D eigenvalue weighted by molar-refractivity contribution is 9.10. The largest absolute Gasteiger partial charge is 0.385 e. The van der Waals surface area contributed by atoms with Crippen molar-refractivity contribution >= 4 is 33.2 Å². The van der Waals surface area contributed by atoms with E-state index in [0.717, 1.165) is 28.8 Å². The van der Waals surface area contributed by atoms with Crippen molar-refractivity contribution in [3.63, 3.8) is 0 Å². The van der Waals surface area contributed by atoms with E-state index in [9.17, 15) is 4.79 Å². The van der Waals surface area contributed by atoms with Crippen LogP contribution in [0.3, 0.4) is 0 Å². The monoisotopic (exact) mass is 346 g/mol. The Morgan fingerprint density at radius 1 is 1.14 bits per heavy atom. The van der Waals surface area contributed by atoms with E-state index in [0.29, 0.717) is 6.42 Å². The second-order valence-corrected chi connectivity index (χ2v) is 5.78. The van der Waals surface area contributed by atoms with Gasteiger partial charge in [-0.25, -0.2) is 0 Å². The zero-order valence-corrected chi connectivity index (χ0v) is 13.6. The molecule has 0 heterocycles. The number of carbonyl (C=O) groups excluding carboxylic acids is 1. The van der Waals surface area contributed by atoms with E-state index in [-0.39, 0.29) is 5.91 Å². The number of benzene rings is 2. The lowest BCUT2D eigenvalue weighted by Crippen LogP contribution is -2.13. The fourth-order valence-electron chi connectivity index (χ4n) is 2.01. The average molecular weight is 347 g/mol. The first-order valence-corrected chi connectivity index (χ1v) is 7.79. The number of hydrogen-bond donors (Lipinski definition) is 2. The number of carbonyl (C=O) groups is 1. The molecule has 3 nitrogen and oxygen atoms in total. The standard InChI is InChI=1S/C17H19BrN2O/c1-13-6-4-7-14(12-13)19-11-5-10-17(21)20-16-9-3-2-8-15(16)18/h2-4,6-9,12,19H,5,10-11H2,1H3,(H,20,21). The summed E-state index contributed by atoms with van der Waals surface area (Å²) in [5.74, 6) is 0.0351. The van der Waals surface area contributed by atoms with Crippen molar-refractivity contribution in [2.45, 2.75) is 19.8 Å². The summed E-state index contributed by atoms with van der Waals surface area (Å²) < 4.78 is 0.899. The third-order valence-electron chi connectivity index (χ3n) is 3.08. The number of halogens is 1. The van der Waals surface area contributed by atoms with Gasteiger partial charge in [0, 0.05) is 23.1 Å². The molecule has 2 aromatic rings. The Labute approximate surface area is 133 Å². The minimum Gasteiger partial charge on any atom is -0.385 e. The molecule has 0 radical (unpaired) electrons. The van der Waals surface area contributed by atoms with Crippen LogP contribution in [0, 0.1) is 6.92 Å². The number of aryl methyl sites for hydroxylation is 1. The summed E-state index contributed by atoms with van der Waals surface area (Å²) in [7, 11) is 0. The van der Waals surface area contributed by atoms with E-state index in [1.54, 1.807) is 0 Å². The molecule has 0 bridgehead atoms. The third-order valence-corrected chi connectivity index (χ3v) is 3.77. The summed E-state index contributed by atoms with van der Waals surface area (Å²) in [6, 6.07) is 15.8. The van der Waals surface area contributed by atoms with Gasteiger partial charge in [0.15, 0.2) is 0 Å². The summed E-state index contributed by atoms with van der Waals surface area (Å²) >= 11 is 3.42. The highest BCUT2D eigenvalue weighted by Crippen LogP contribution is 2.21. The second-order valence-electron chi connectivity index (χ2n) is 4.93. The molecule has 0 aliphatic carbocycles. The maximum Gasteiger partial charge on any atom is 0.224 e. The molecule has 0 unspecified atom stereocenters. The van der Waals surface area contributed by atoms with Gasteiger partial charge in [0.1, 0.15) is 0 Å². The summed E-state index contributed by atoms with van der Waals surface area (Å²) in [6.45, 7) is 2.85. The Bertz CT molecular complexity index is 613. The Kier molecular flexibility index (Phi) is 5.81. The highest BCUT2D eigenvalue weighted by Gasteiger charge is 2.04. The van der Waals surface area contributed by atoms with Gasteiger partial charge in [-0.05, 0) is 59.1 Å². The van der Waals surface area contributed by atoms with Crippen LogP contribution >= 0.6 is 15.9 Å². The molecule has 0 atom stereocenters. The van der Waals surface area contributed by atoms with Crippen molar-refractivity contribution in [3.05, 3.63) is 58.6 Å². The Morgan fingerprint density at radius 3 is 2.71 bits per heavy atom. The molecule has 2 N–H and O–H groups in total. The molecule has 2 rings (SSSR count). The van der Waals surface area contributed by atoms with Crippen molar-refractivity contribution in [2.24, 2.45) is 0 Å². The van der Waals surface area contributed by atoms with E-state index in [1.807, 2.05) is 36.4 Å². The maximum absolute atomic E-state index is 11.9. The van der Waals surface area contributed by atoms with Crippen LogP contribution in [0.2, 0.25) is 0 Å². The van der Waals surface area contributed by atoms with Gasteiger partial charge in [0.2, 0.25) is 5.91 Å². The molecule has 0 saturated heterocycles. The number of anilines is 2. The van der Waals surface area contributed by atoms with E-state index in [4.69, 9.17) is 0 Å². The lowest BCUT2D eigenvalue weighted by atomic mass is 10.2. The van der Waals surface area contributed by atoms with Crippen LogP contribution in [-0.4, -0.2) is 12.5 Å². The number of hydrogen-bond acceptors (Lipinski definition) is 2. The summed E-state index contributed by atoms with van der Waals surface area (Å²) in [4.78, 5) is 11.9. The molecule has 0 saturated carbocycles. The summed E-state index contributed by atoms with van der Waals surface area (Å²) in [5, 5.41) is 6.23. The van der Waals surface area contributed by atoms with Crippen LogP contribution in [0.15, 0.2) is 53.0 Å². The van der Waals surface area contributed by atoms with Crippen molar-refractivity contribution in [1.29, 1.82) is 0 Å². The Hall–Kier alpha value is -1.81. The fraction of sp³-hybridized carbons (Fsp3) is 0.235. The molecule has 21 heavy (non-hydrogen) atoms. The van der Waals surface area contributed by atoms with E-state index in [2.05, 4.69) is 45.6 Å². The summed E-state index contributed by atoms with van der Waals surface area (Å²) in [5.41, 5.74) is 3.14. The molecule has 110 valence electrons. The van der Waals surface area contributed by atoms with Crippen molar-refractivity contribution in [1.82, 2.24) is 0 Å². The van der Waals surface area contributed by atoms with Gasteiger partial charge in [0.25, 0.3) is 0 Å². The van der Waals surface area contributed by atoms with E-state index in [1.165, 1.54) is 5.56 Å². The van der Waals surface area contributed by atoms with E-state index >= 15 is 0 Å². The van der Waals surface area contributed by atoms with Crippen LogP contribution < -0.4 is 10.6 Å². The quantitative estimate of drug-likeness (QED) is 0.751. The topological polar surface area (TPSA) is 41.1 Å². The number of nitrogens with one attached hydrogen (secondary N) is 2. The molecule has 0 aliphatic rings. The van der Waals surface area contributed by atoms with E-state index < -0.39 is 0 Å². The van der Waals surface area contributed by atoms with Crippen LogP contribution in [0.1, 0.15) is 18.4 Å². The first kappa shape index (κ1) is 15.6. The smallest absolute Gasteiger partial charge is 0.224 e. The molecular weight excluding hydrogens is 328 g/mol. The predicted molar refractivity (Wildman–Crippen MR) is 91.7 cm³/mol.